The Bertz CT molecular complexity index is 828. The fourth-order valence-corrected chi connectivity index (χ4v) is 2.63. The molecule has 0 aliphatic rings. The molecule has 2 aromatic rings. The maximum Gasteiger partial charge on any atom is 0.416 e. The molecule has 27 heavy (non-hydrogen) atoms. The quantitative estimate of drug-likeness (QED) is 0.605. The average Bonchev–Trinajstić information content (AvgIpc) is 2.99. The van der Waals surface area contributed by atoms with Gasteiger partial charge in [0.15, 0.2) is 5.13 Å². The lowest BCUT2D eigenvalue weighted by Crippen LogP contribution is -2.17. The SMILES string of the molecule is COC(=O)Cc1csc(NC(=O)c2cc(C(F)(F)F)cc(C(F)(F)F)c2)n1. The number of ether oxygens (including phenoxy) is 1. The fourth-order valence-electron chi connectivity index (χ4n) is 1.92. The number of rotatable bonds is 4. The monoisotopic (exact) mass is 412 g/mol. The van der Waals surface area contributed by atoms with E-state index in [2.05, 4.69) is 15.0 Å². The summed E-state index contributed by atoms with van der Waals surface area (Å²) in [4.78, 5) is 27.1. The lowest BCUT2D eigenvalue weighted by atomic mass is 10.0. The van der Waals surface area contributed by atoms with E-state index in [1.54, 1.807) is 0 Å². The molecule has 0 atom stereocenters. The predicted molar refractivity (Wildman–Crippen MR) is 82.2 cm³/mol. The van der Waals surface area contributed by atoms with Crippen molar-refractivity contribution in [3.8, 4) is 0 Å². The summed E-state index contributed by atoms with van der Waals surface area (Å²) in [6.07, 6.45) is -10.3. The van der Waals surface area contributed by atoms with E-state index in [0.29, 0.717) is 12.1 Å². The summed E-state index contributed by atoms with van der Waals surface area (Å²) in [7, 11) is 1.16. The fraction of sp³-hybridized carbons (Fsp3) is 0.267. The molecule has 12 heteroatoms. The summed E-state index contributed by atoms with van der Waals surface area (Å²) in [5.41, 5.74) is -3.81. The van der Waals surface area contributed by atoms with Crippen molar-refractivity contribution < 1.29 is 40.7 Å². The van der Waals surface area contributed by atoms with Gasteiger partial charge in [-0.3, -0.25) is 14.9 Å². The topological polar surface area (TPSA) is 68.3 Å². The maximum atomic E-state index is 12.8. The van der Waals surface area contributed by atoms with Crippen LogP contribution in [0.2, 0.25) is 0 Å². The van der Waals surface area contributed by atoms with Crippen molar-refractivity contribution in [3.05, 3.63) is 46.0 Å². The van der Waals surface area contributed by atoms with Crippen LogP contribution in [0.4, 0.5) is 31.5 Å². The third-order valence-corrected chi connectivity index (χ3v) is 3.98. The lowest BCUT2D eigenvalue weighted by molar-refractivity contribution is -0.143. The molecule has 0 fully saturated rings. The van der Waals surface area contributed by atoms with Crippen LogP contribution < -0.4 is 5.32 Å². The van der Waals surface area contributed by atoms with E-state index in [9.17, 15) is 35.9 Å². The Hall–Kier alpha value is -2.63. The van der Waals surface area contributed by atoms with E-state index >= 15 is 0 Å². The third kappa shape index (κ3) is 5.42. The lowest BCUT2D eigenvalue weighted by Gasteiger charge is -2.13. The van der Waals surface area contributed by atoms with Gasteiger partial charge in [0.2, 0.25) is 0 Å². The summed E-state index contributed by atoms with van der Waals surface area (Å²) in [6.45, 7) is 0. The number of amides is 1. The molecule has 0 aliphatic carbocycles. The van der Waals surface area contributed by atoms with Crippen LogP contribution >= 0.6 is 11.3 Å². The largest absolute Gasteiger partial charge is 0.469 e. The number of alkyl halides is 6. The summed E-state index contributed by atoms with van der Waals surface area (Å²) in [6, 6.07) is 0.551. The summed E-state index contributed by atoms with van der Waals surface area (Å²) in [5, 5.41) is 3.40. The number of hydrogen-bond donors (Lipinski definition) is 1. The van der Waals surface area contributed by atoms with Crippen molar-refractivity contribution in [1.29, 1.82) is 0 Å². The van der Waals surface area contributed by atoms with E-state index in [1.165, 1.54) is 5.38 Å². The second-order valence-electron chi connectivity index (χ2n) is 5.15. The van der Waals surface area contributed by atoms with Gasteiger partial charge >= 0.3 is 18.3 Å². The van der Waals surface area contributed by atoms with Crippen LogP contribution in [0.15, 0.2) is 23.6 Å². The molecule has 1 aromatic heterocycles. The highest BCUT2D eigenvalue weighted by Gasteiger charge is 2.37. The van der Waals surface area contributed by atoms with Gasteiger partial charge in [0, 0.05) is 10.9 Å². The molecular weight excluding hydrogens is 402 g/mol. The summed E-state index contributed by atoms with van der Waals surface area (Å²) >= 11 is 0.849. The second-order valence-corrected chi connectivity index (χ2v) is 6.00. The first-order valence-electron chi connectivity index (χ1n) is 7.02. The van der Waals surface area contributed by atoms with Crippen LogP contribution in [0.25, 0.3) is 0 Å². The number of nitrogens with zero attached hydrogens (tertiary/aromatic N) is 1. The number of anilines is 1. The second kappa shape index (κ2) is 7.55. The van der Waals surface area contributed by atoms with Gasteiger partial charge in [-0.15, -0.1) is 11.3 Å². The van der Waals surface area contributed by atoms with Crippen LogP contribution in [-0.2, 0) is 28.3 Å². The van der Waals surface area contributed by atoms with Crippen LogP contribution in [0, 0.1) is 0 Å². The standard InChI is InChI=1S/C15H10F6N2O3S/c1-26-11(24)5-10-6-27-13(22-10)23-12(25)7-2-8(14(16,17)18)4-9(3-7)15(19,20)21/h2-4,6H,5H2,1H3,(H,22,23,25). The molecule has 5 nitrogen and oxygen atoms in total. The Kier molecular flexibility index (Phi) is 5.78. The number of esters is 1. The van der Waals surface area contributed by atoms with Crippen molar-refractivity contribution in [2.24, 2.45) is 0 Å². The Labute approximate surface area is 152 Å². The third-order valence-electron chi connectivity index (χ3n) is 3.18. The molecule has 0 bridgehead atoms. The first-order valence-corrected chi connectivity index (χ1v) is 7.90. The van der Waals surface area contributed by atoms with E-state index < -0.39 is 40.9 Å². The van der Waals surface area contributed by atoms with Gasteiger partial charge in [-0.2, -0.15) is 26.3 Å². The number of carbonyl (C=O) groups is 2. The number of halogens is 6. The molecule has 0 saturated heterocycles. The van der Waals surface area contributed by atoms with Gasteiger partial charge in [0.25, 0.3) is 5.91 Å². The van der Waals surface area contributed by atoms with E-state index in [-0.39, 0.29) is 23.3 Å². The van der Waals surface area contributed by atoms with E-state index in [0.717, 1.165) is 18.4 Å². The van der Waals surface area contributed by atoms with Crippen molar-refractivity contribution >= 4 is 28.3 Å². The molecule has 0 spiro atoms. The van der Waals surface area contributed by atoms with Gasteiger partial charge in [0.05, 0.1) is 30.4 Å². The van der Waals surface area contributed by atoms with E-state index in [1.807, 2.05) is 0 Å². The zero-order chi connectivity index (χ0) is 20.4. The Balaban J connectivity index is 2.29. The molecule has 1 aromatic carbocycles. The number of hydrogen-bond acceptors (Lipinski definition) is 5. The Morgan fingerprint density at radius 3 is 2.11 bits per heavy atom. The normalized spacial score (nSPS) is 12.0. The molecule has 0 radical (unpaired) electrons. The highest BCUT2D eigenvalue weighted by Crippen LogP contribution is 2.36. The van der Waals surface area contributed by atoms with E-state index in [4.69, 9.17) is 0 Å². The van der Waals surface area contributed by atoms with Crippen LogP contribution in [0.3, 0.4) is 0 Å². The number of carbonyl (C=O) groups excluding carboxylic acids is 2. The van der Waals surface area contributed by atoms with Gasteiger partial charge in [0.1, 0.15) is 0 Å². The molecule has 0 saturated carbocycles. The smallest absolute Gasteiger partial charge is 0.416 e. The Morgan fingerprint density at radius 2 is 1.63 bits per heavy atom. The number of methoxy groups -OCH3 is 1. The Morgan fingerprint density at radius 1 is 1.07 bits per heavy atom. The number of aromatic nitrogens is 1. The summed E-state index contributed by atoms with van der Waals surface area (Å²) < 4.78 is 81.4. The van der Waals surface area contributed by atoms with Gasteiger partial charge in [-0.05, 0) is 18.2 Å². The number of benzene rings is 1. The first-order chi connectivity index (χ1) is 12.4. The first kappa shape index (κ1) is 20.7. The number of nitrogens with one attached hydrogen (secondary N) is 1. The minimum Gasteiger partial charge on any atom is -0.469 e. The van der Waals surface area contributed by atoms with Crippen LogP contribution in [-0.4, -0.2) is 24.0 Å². The van der Waals surface area contributed by atoms with Crippen LogP contribution in [0.1, 0.15) is 27.2 Å². The minimum atomic E-state index is -5.06. The molecule has 0 aliphatic heterocycles. The molecule has 2 rings (SSSR count). The van der Waals surface area contributed by atoms with Crippen molar-refractivity contribution in [1.82, 2.24) is 4.98 Å². The van der Waals surface area contributed by atoms with Gasteiger partial charge in [-0.25, -0.2) is 4.98 Å². The molecule has 0 unspecified atom stereocenters. The average molecular weight is 412 g/mol. The summed E-state index contributed by atoms with van der Waals surface area (Å²) in [5.74, 6) is -1.81. The molecular formula is C15H10F6N2O3S. The maximum absolute atomic E-state index is 12.8. The zero-order valence-corrected chi connectivity index (χ0v) is 14.2. The van der Waals surface area contributed by atoms with Gasteiger partial charge in [-0.1, -0.05) is 0 Å². The molecule has 146 valence electrons. The molecule has 1 heterocycles. The van der Waals surface area contributed by atoms with Crippen molar-refractivity contribution in [2.45, 2.75) is 18.8 Å². The van der Waals surface area contributed by atoms with Crippen LogP contribution in [0.5, 0.6) is 0 Å². The highest BCUT2D eigenvalue weighted by molar-refractivity contribution is 7.14. The minimum absolute atomic E-state index is 0.0748. The van der Waals surface area contributed by atoms with Crippen molar-refractivity contribution in [3.63, 3.8) is 0 Å². The zero-order valence-electron chi connectivity index (χ0n) is 13.4. The van der Waals surface area contributed by atoms with Crippen molar-refractivity contribution in [2.75, 3.05) is 12.4 Å². The predicted octanol–water partition coefficient (Wildman–Crippen LogP) is 4.15. The molecule has 1 amide bonds. The van der Waals surface area contributed by atoms with Gasteiger partial charge < -0.3 is 4.74 Å². The highest BCUT2D eigenvalue weighted by atomic mass is 32.1. The molecule has 1 N–H and O–H groups in total. The number of thiazole rings is 1.